The molecule has 0 aromatic heterocycles. The summed E-state index contributed by atoms with van der Waals surface area (Å²) in [4.78, 5) is 11.7. The largest absolute Gasteiger partial charge is 0.479 e. The molecule has 1 aromatic rings. The SMILES string of the molecule is CC(C)C(=O)C1CNc2ccccc2O1. The molecule has 0 saturated heterocycles. The van der Waals surface area contributed by atoms with E-state index in [0.29, 0.717) is 6.54 Å². The summed E-state index contributed by atoms with van der Waals surface area (Å²) in [6.07, 6.45) is -0.347. The minimum Gasteiger partial charge on any atom is -0.479 e. The van der Waals surface area contributed by atoms with Gasteiger partial charge in [-0.25, -0.2) is 0 Å². The molecule has 0 spiro atoms. The van der Waals surface area contributed by atoms with E-state index < -0.39 is 0 Å². The van der Waals surface area contributed by atoms with Gasteiger partial charge < -0.3 is 10.1 Å². The number of nitrogens with one attached hydrogen (secondary N) is 1. The topological polar surface area (TPSA) is 38.3 Å². The number of Topliss-reactive ketones (excluding diaryl/α,β-unsaturated/α-hetero) is 1. The summed E-state index contributed by atoms with van der Waals surface area (Å²) >= 11 is 0. The first-order valence-corrected chi connectivity index (χ1v) is 5.22. The number of hydrogen-bond donors (Lipinski definition) is 1. The summed E-state index contributed by atoms with van der Waals surface area (Å²) in [6.45, 7) is 4.35. The van der Waals surface area contributed by atoms with Crippen molar-refractivity contribution in [3.8, 4) is 5.75 Å². The Labute approximate surface area is 89.4 Å². The fourth-order valence-electron chi connectivity index (χ4n) is 1.64. The smallest absolute Gasteiger partial charge is 0.177 e. The van der Waals surface area contributed by atoms with Crippen LogP contribution in [0.3, 0.4) is 0 Å². The van der Waals surface area contributed by atoms with Gasteiger partial charge in [-0.3, -0.25) is 4.79 Å². The maximum Gasteiger partial charge on any atom is 0.177 e. The van der Waals surface area contributed by atoms with Gasteiger partial charge in [-0.2, -0.15) is 0 Å². The number of fused-ring (bicyclic) bond motifs is 1. The van der Waals surface area contributed by atoms with Gasteiger partial charge in [-0.15, -0.1) is 0 Å². The van der Waals surface area contributed by atoms with E-state index in [9.17, 15) is 4.79 Å². The lowest BCUT2D eigenvalue weighted by Gasteiger charge is -2.27. The van der Waals surface area contributed by atoms with Gasteiger partial charge in [0.2, 0.25) is 0 Å². The summed E-state index contributed by atoms with van der Waals surface area (Å²) in [5, 5.41) is 3.20. The maximum atomic E-state index is 11.7. The van der Waals surface area contributed by atoms with Crippen LogP contribution in [0.1, 0.15) is 13.8 Å². The fraction of sp³-hybridized carbons (Fsp3) is 0.417. The molecular weight excluding hydrogens is 190 g/mol. The van der Waals surface area contributed by atoms with Gasteiger partial charge in [0, 0.05) is 5.92 Å². The van der Waals surface area contributed by atoms with Gasteiger partial charge in [0.05, 0.1) is 12.2 Å². The molecule has 0 aliphatic carbocycles. The molecule has 0 fully saturated rings. The van der Waals surface area contributed by atoms with Crippen LogP contribution in [0.15, 0.2) is 24.3 Å². The van der Waals surface area contributed by atoms with E-state index in [1.54, 1.807) is 0 Å². The lowest BCUT2D eigenvalue weighted by Crippen LogP contribution is -2.39. The summed E-state index contributed by atoms with van der Waals surface area (Å²) in [6, 6.07) is 7.68. The third kappa shape index (κ3) is 1.96. The molecule has 3 nitrogen and oxygen atoms in total. The van der Waals surface area contributed by atoms with Crippen molar-refractivity contribution in [1.82, 2.24) is 0 Å². The van der Waals surface area contributed by atoms with E-state index in [0.717, 1.165) is 11.4 Å². The molecule has 0 radical (unpaired) electrons. The van der Waals surface area contributed by atoms with Crippen LogP contribution in [0.2, 0.25) is 0 Å². The monoisotopic (exact) mass is 205 g/mol. The molecule has 1 aliphatic rings. The number of rotatable bonds is 2. The molecule has 3 heteroatoms. The van der Waals surface area contributed by atoms with Crippen molar-refractivity contribution in [2.75, 3.05) is 11.9 Å². The Morgan fingerprint density at radius 3 is 2.93 bits per heavy atom. The number of carbonyl (C=O) groups is 1. The second-order valence-electron chi connectivity index (χ2n) is 4.04. The van der Waals surface area contributed by atoms with Crippen LogP contribution in [0.25, 0.3) is 0 Å². The molecule has 15 heavy (non-hydrogen) atoms. The van der Waals surface area contributed by atoms with E-state index in [-0.39, 0.29) is 17.8 Å². The van der Waals surface area contributed by atoms with Crippen molar-refractivity contribution in [1.29, 1.82) is 0 Å². The van der Waals surface area contributed by atoms with Crippen molar-refractivity contribution in [3.63, 3.8) is 0 Å². The van der Waals surface area contributed by atoms with Gasteiger partial charge in [0.1, 0.15) is 5.75 Å². The average Bonchev–Trinajstić information content (AvgIpc) is 2.27. The molecule has 2 rings (SSSR count). The van der Waals surface area contributed by atoms with Crippen molar-refractivity contribution >= 4 is 11.5 Å². The highest BCUT2D eigenvalue weighted by atomic mass is 16.5. The number of para-hydroxylation sites is 2. The Balaban J connectivity index is 2.15. The van der Waals surface area contributed by atoms with Crippen molar-refractivity contribution in [3.05, 3.63) is 24.3 Å². The van der Waals surface area contributed by atoms with Crippen LogP contribution < -0.4 is 10.1 Å². The molecule has 1 unspecified atom stereocenters. The summed E-state index contributed by atoms with van der Waals surface area (Å²) < 4.78 is 5.64. The Morgan fingerprint density at radius 1 is 1.47 bits per heavy atom. The predicted molar refractivity (Wildman–Crippen MR) is 59.2 cm³/mol. The fourth-order valence-corrected chi connectivity index (χ4v) is 1.64. The second-order valence-corrected chi connectivity index (χ2v) is 4.04. The van der Waals surface area contributed by atoms with Gasteiger partial charge in [-0.05, 0) is 12.1 Å². The van der Waals surface area contributed by atoms with Crippen molar-refractivity contribution in [2.45, 2.75) is 20.0 Å². The molecular formula is C12H15NO2. The summed E-state index contributed by atoms with van der Waals surface area (Å²) in [5.41, 5.74) is 0.963. The number of ether oxygens (including phenoxy) is 1. The minimum atomic E-state index is -0.347. The lowest BCUT2D eigenvalue weighted by atomic mass is 10.0. The summed E-state index contributed by atoms with van der Waals surface area (Å²) in [7, 11) is 0. The maximum absolute atomic E-state index is 11.7. The molecule has 1 N–H and O–H groups in total. The highest BCUT2D eigenvalue weighted by Crippen LogP contribution is 2.28. The Bertz CT molecular complexity index is 374. The zero-order chi connectivity index (χ0) is 10.8. The molecule has 0 bridgehead atoms. The first-order chi connectivity index (χ1) is 7.18. The van der Waals surface area contributed by atoms with Crippen LogP contribution in [0.4, 0.5) is 5.69 Å². The number of carbonyl (C=O) groups excluding carboxylic acids is 1. The van der Waals surface area contributed by atoms with Crippen LogP contribution in [0.5, 0.6) is 5.75 Å². The number of benzene rings is 1. The third-order valence-corrected chi connectivity index (χ3v) is 2.52. The van der Waals surface area contributed by atoms with E-state index in [1.807, 2.05) is 38.1 Å². The Morgan fingerprint density at radius 2 is 2.20 bits per heavy atom. The predicted octanol–water partition coefficient (Wildman–Crippen LogP) is 2.08. The van der Waals surface area contributed by atoms with Crippen LogP contribution in [-0.4, -0.2) is 18.4 Å². The van der Waals surface area contributed by atoms with E-state index >= 15 is 0 Å². The van der Waals surface area contributed by atoms with Crippen LogP contribution >= 0.6 is 0 Å². The van der Waals surface area contributed by atoms with E-state index in [1.165, 1.54) is 0 Å². The molecule has 1 aliphatic heterocycles. The first-order valence-electron chi connectivity index (χ1n) is 5.22. The quantitative estimate of drug-likeness (QED) is 0.803. The number of hydrogen-bond acceptors (Lipinski definition) is 3. The minimum absolute atomic E-state index is 0.0158. The zero-order valence-electron chi connectivity index (χ0n) is 8.99. The molecule has 1 aromatic carbocycles. The molecule has 1 heterocycles. The van der Waals surface area contributed by atoms with E-state index in [2.05, 4.69) is 5.32 Å². The second kappa shape index (κ2) is 3.93. The lowest BCUT2D eigenvalue weighted by molar-refractivity contribution is -0.128. The Hall–Kier alpha value is -1.51. The zero-order valence-corrected chi connectivity index (χ0v) is 8.99. The molecule has 80 valence electrons. The van der Waals surface area contributed by atoms with Crippen LogP contribution in [-0.2, 0) is 4.79 Å². The van der Waals surface area contributed by atoms with Crippen LogP contribution in [0, 0.1) is 5.92 Å². The Kier molecular flexibility index (Phi) is 2.62. The van der Waals surface area contributed by atoms with Gasteiger partial charge in [0.15, 0.2) is 11.9 Å². The first kappa shape index (κ1) is 10.0. The van der Waals surface area contributed by atoms with Crippen molar-refractivity contribution < 1.29 is 9.53 Å². The van der Waals surface area contributed by atoms with Gasteiger partial charge in [0.25, 0.3) is 0 Å². The van der Waals surface area contributed by atoms with Gasteiger partial charge in [-0.1, -0.05) is 26.0 Å². The highest BCUT2D eigenvalue weighted by molar-refractivity contribution is 5.86. The summed E-state index contributed by atoms with van der Waals surface area (Å²) in [5.74, 6) is 0.932. The normalized spacial score (nSPS) is 19.0. The van der Waals surface area contributed by atoms with E-state index in [4.69, 9.17) is 4.74 Å². The molecule has 0 saturated carbocycles. The number of anilines is 1. The van der Waals surface area contributed by atoms with Crippen molar-refractivity contribution in [2.24, 2.45) is 5.92 Å². The average molecular weight is 205 g/mol. The highest BCUT2D eigenvalue weighted by Gasteiger charge is 2.26. The van der Waals surface area contributed by atoms with Gasteiger partial charge >= 0.3 is 0 Å². The number of ketones is 1. The third-order valence-electron chi connectivity index (χ3n) is 2.52. The standard InChI is InChI=1S/C12H15NO2/c1-8(2)12(14)11-7-13-9-5-3-4-6-10(9)15-11/h3-6,8,11,13H,7H2,1-2H3. The molecule has 0 amide bonds. The molecule has 1 atom stereocenters.